The SMILES string of the molecule is Cc1ccc(Cl)cc1NC(=O)c1ccc(-n2cnc3ccccc32)cc1. The van der Waals surface area contributed by atoms with Gasteiger partial charge in [0.05, 0.1) is 11.0 Å². The van der Waals surface area contributed by atoms with E-state index >= 15 is 0 Å². The molecule has 4 nitrogen and oxygen atoms in total. The maximum absolute atomic E-state index is 12.5. The minimum atomic E-state index is -0.169. The molecule has 3 aromatic carbocycles. The number of para-hydroxylation sites is 2. The number of aromatic nitrogens is 2. The fourth-order valence-electron chi connectivity index (χ4n) is 2.86. The van der Waals surface area contributed by atoms with Gasteiger partial charge < -0.3 is 5.32 Å². The van der Waals surface area contributed by atoms with Crippen molar-refractivity contribution in [3.05, 3.63) is 89.2 Å². The molecule has 0 aliphatic carbocycles. The van der Waals surface area contributed by atoms with Crippen molar-refractivity contribution < 1.29 is 4.79 Å². The second-order valence-electron chi connectivity index (χ2n) is 6.06. The van der Waals surface area contributed by atoms with Crippen LogP contribution < -0.4 is 5.32 Å². The number of nitrogens with one attached hydrogen (secondary N) is 1. The van der Waals surface area contributed by atoms with Crippen molar-refractivity contribution in [3.8, 4) is 5.69 Å². The highest BCUT2D eigenvalue weighted by atomic mass is 35.5. The van der Waals surface area contributed by atoms with Crippen LogP contribution in [0.25, 0.3) is 16.7 Å². The summed E-state index contributed by atoms with van der Waals surface area (Å²) in [7, 11) is 0. The predicted molar refractivity (Wildman–Crippen MR) is 105 cm³/mol. The molecule has 0 spiro atoms. The summed E-state index contributed by atoms with van der Waals surface area (Å²) in [5, 5.41) is 3.50. The van der Waals surface area contributed by atoms with Crippen LogP contribution in [0.5, 0.6) is 0 Å². The van der Waals surface area contributed by atoms with Crippen molar-refractivity contribution in [1.29, 1.82) is 0 Å². The number of imidazole rings is 1. The fraction of sp³-hybridized carbons (Fsp3) is 0.0476. The summed E-state index contributed by atoms with van der Waals surface area (Å²) in [6.45, 7) is 1.93. The summed E-state index contributed by atoms with van der Waals surface area (Å²) in [5.41, 5.74) is 5.17. The van der Waals surface area contributed by atoms with Gasteiger partial charge in [-0.05, 0) is 61.0 Å². The number of carbonyl (C=O) groups excluding carboxylic acids is 1. The van der Waals surface area contributed by atoms with Crippen LogP contribution in [0.3, 0.4) is 0 Å². The number of hydrogen-bond acceptors (Lipinski definition) is 2. The standard InChI is InChI=1S/C21H16ClN3O/c1-14-6-9-16(22)12-19(14)24-21(26)15-7-10-17(11-8-15)25-13-23-18-4-2-3-5-20(18)25/h2-13H,1H3,(H,24,26). The largest absolute Gasteiger partial charge is 0.322 e. The Balaban J connectivity index is 1.59. The van der Waals surface area contributed by atoms with Crippen molar-refractivity contribution in [2.24, 2.45) is 0 Å². The lowest BCUT2D eigenvalue weighted by Gasteiger charge is -2.10. The molecule has 5 heteroatoms. The predicted octanol–water partition coefficient (Wildman–Crippen LogP) is 5.24. The molecule has 1 heterocycles. The first-order valence-electron chi connectivity index (χ1n) is 8.22. The molecule has 0 unspecified atom stereocenters. The molecule has 26 heavy (non-hydrogen) atoms. The molecular formula is C21H16ClN3O. The first-order valence-corrected chi connectivity index (χ1v) is 8.60. The number of halogens is 1. The number of nitrogens with zero attached hydrogens (tertiary/aromatic N) is 2. The third kappa shape index (κ3) is 3.07. The lowest BCUT2D eigenvalue weighted by Crippen LogP contribution is -2.12. The average molecular weight is 362 g/mol. The lowest BCUT2D eigenvalue weighted by molar-refractivity contribution is 0.102. The number of carbonyl (C=O) groups is 1. The van der Waals surface area contributed by atoms with Gasteiger partial charge in [-0.25, -0.2) is 4.98 Å². The van der Waals surface area contributed by atoms with E-state index in [0.29, 0.717) is 16.3 Å². The zero-order valence-electron chi connectivity index (χ0n) is 14.1. The maximum Gasteiger partial charge on any atom is 0.255 e. The average Bonchev–Trinajstić information content (AvgIpc) is 3.09. The van der Waals surface area contributed by atoms with Gasteiger partial charge in [0.15, 0.2) is 0 Å². The molecule has 0 radical (unpaired) electrons. The zero-order valence-corrected chi connectivity index (χ0v) is 14.9. The molecule has 4 aromatic rings. The lowest BCUT2D eigenvalue weighted by atomic mass is 10.1. The molecule has 1 N–H and O–H groups in total. The molecule has 0 atom stereocenters. The molecule has 0 fully saturated rings. The van der Waals surface area contributed by atoms with E-state index in [-0.39, 0.29) is 5.91 Å². The monoisotopic (exact) mass is 361 g/mol. The fourth-order valence-corrected chi connectivity index (χ4v) is 3.03. The van der Waals surface area contributed by atoms with Crippen LogP contribution in [0.15, 0.2) is 73.1 Å². The molecule has 1 amide bonds. The Kier molecular flexibility index (Phi) is 4.19. The first kappa shape index (κ1) is 16.4. The smallest absolute Gasteiger partial charge is 0.255 e. The van der Waals surface area contributed by atoms with E-state index < -0.39 is 0 Å². The molecule has 4 rings (SSSR count). The Morgan fingerprint density at radius 3 is 2.62 bits per heavy atom. The molecule has 0 aliphatic heterocycles. The second kappa shape index (κ2) is 6.65. The summed E-state index contributed by atoms with van der Waals surface area (Å²) in [4.78, 5) is 16.9. The minimum Gasteiger partial charge on any atom is -0.322 e. The summed E-state index contributed by atoms with van der Waals surface area (Å²) in [6.07, 6.45) is 1.79. The third-order valence-electron chi connectivity index (χ3n) is 4.31. The van der Waals surface area contributed by atoms with Gasteiger partial charge in [-0.1, -0.05) is 29.8 Å². The Morgan fingerprint density at radius 1 is 1.04 bits per heavy atom. The number of amides is 1. The summed E-state index contributed by atoms with van der Waals surface area (Å²) in [5.74, 6) is -0.169. The Labute approximate surface area is 156 Å². The molecular weight excluding hydrogens is 346 g/mol. The van der Waals surface area contributed by atoms with Gasteiger partial charge in [-0.3, -0.25) is 9.36 Å². The highest BCUT2D eigenvalue weighted by Crippen LogP contribution is 2.22. The maximum atomic E-state index is 12.5. The van der Waals surface area contributed by atoms with Crippen LogP contribution in [0.1, 0.15) is 15.9 Å². The zero-order chi connectivity index (χ0) is 18.1. The van der Waals surface area contributed by atoms with Crippen LogP contribution in [-0.4, -0.2) is 15.5 Å². The number of rotatable bonds is 3. The number of hydrogen-bond donors (Lipinski definition) is 1. The van der Waals surface area contributed by atoms with E-state index in [1.165, 1.54) is 0 Å². The van der Waals surface area contributed by atoms with E-state index in [1.807, 2.05) is 54.0 Å². The van der Waals surface area contributed by atoms with Gasteiger partial charge in [0, 0.05) is 22.0 Å². The van der Waals surface area contributed by atoms with E-state index in [2.05, 4.69) is 10.3 Å². The van der Waals surface area contributed by atoms with E-state index in [0.717, 1.165) is 22.3 Å². The Bertz CT molecular complexity index is 1100. The molecule has 0 saturated heterocycles. The summed E-state index contributed by atoms with van der Waals surface area (Å²) in [6, 6.07) is 20.8. The van der Waals surface area contributed by atoms with Crippen molar-refractivity contribution in [2.75, 3.05) is 5.32 Å². The van der Waals surface area contributed by atoms with Gasteiger partial charge in [0.25, 0.3) is 5.91 Å². The van der Waals surface area contributed by atoms with Crippen LogP contribution >= 0.6 is 11.6 Å². The van der Waals surface area contributed by atoms with Gasteiger partial charge in [-0.15, -0.1) is 0 Å². The minimum absolute atomic E-state index is 0.169. The molecule has 1 aromatic heterocycles. The number of anilines is 1. The molecule has 0 saturated carbocycles. The highest BCUT2D eigenvalue weighted by Gasteiger charge is 2.09. The molecule has 0 aliphatic rings. The second-order valence-corrected chi connectivity index (χ2v) is 6.50. The van der Waals surface area contributed by atoms with Crippen LogP contribution in [0, 0.1) is 6.92 Å². The topological polar surface area (TPSA) is 46.9 Å². The number of fused-ring (bicyclic) bond motifs is 1. The van der Waals surface area contributed by atoms with E-state index in [9.17, 15) is 4.79 Å². The normalized spacial score (nSPS) is 10.8. The van der Waals surface area contributed by atoms with E-state index in [1.54, 1.807) is 30.6 Å². The van der Waals surface area contributed by atoms with Gasteiger partial charge in [-0.2, -0.15) is 0 Å². The molecule has 0 bridgehead atoms. The van der Waals surface area contributed by atoms with Gasteiger partial charge >= 0.3 is 0 Å². The van der Waals surface area contributed by atoms with Crippen molar-refractivity contribution in [1.82, 2.24) is 9.55 Å². The summed E-state index contributed by atoms with van der Waals surface area (Å²) < 4.78 is 2.00. The van der Waals surface area contributed by atoms with Crippen LogP contribution in [-0.2, 0) is 0 Å². The van der Waals surface area contributed by atoms with Crippen LogP contribution in [0.2, 0.25) is 5.02 Å². The van der Waals surface area contributed by atoms with Crippen molar-refractivity contribution in [3.63, 3.8) is 0 Å². The Hall–Kier alpha value is -3.11. The van der Waals surface area contributed by atoms with Crippen LogP contribution in [0.4, 0.5) is 5.69 Å². The molecule has 128 valence electrons. The van der Waals surface area contributed by atoms with Crippen molar-refractivity contribution in [2.45, 2.75) is 6.92 Å². The van der Waals surface area contributed by atoms with E-state index in [4.69, 9.17) is 11.6 Å². The third-order valence-corrected chi connectivity index (χ3v) is 4.54. The highest BCUT2D eigenvalue weighted by molar-refractivity contribution is 6.31. The van der Waals surface area contributed by atoms with Crippen molar-refractivity contribution >= 4 is 34.2 Å². The summed E-state index contributed by atoms with van der Waals surface area (Å²) >= 11 is 6.01. The Morgan fingerprint density at radius 2 is 1.81 bits per heavy atom. The number of benzene rings is 3. The van der Waals surface area contributed by atoms with Gasteiger partial charge in [0.1, 0.15) is 6.33 Å². The quantitative estimate of drug-likeness (QED) is 0.542. The van der Waals surface area contributed by atoms with Gasteiger partial charge in [0.2, 0.25) is 0 Å². The first-order chi connectivity index (χ1) is 12.6. The number of aryl methyl sites for hydroxylation is 1.